The molecule has 8 heteroatoms. The molecule has 0 spiro atoms. The molecule has 2 saturated heterocycles. The molecule has 2 heterocycles. The molecule has 2 aliphatic heterocycles. The van der Waals surface area contributed by atoms with Gasteiger partial charge in [0.25, 0.3) is 0 Å². The van der Waals surface area contributed by atoms with Crippen molar-refractivity contribution < 1.29 is 9.53 Å². The molecule has 148 valence electrons. The molecule has 0 saturated carbocycles. The van der Waals surface area contributed by atoms with Gasteiger partial charge in [0.2, 0.25) is 5.91 Å². The third kappa shape index (κ3) is 6.46. The van der Waals surface area contributed by atoms with E-state index in [-0.39, 0.29) is 30.7 Å². The SMILES string of the molecule is Cl.Cl.O=C(CCC1CCNCC1)Nc1cccc(Cl)c1N1CCOCC1. The number of amides is 1. The van der Waals surface area contributed by atoms with Gasteiger partial charge in [0, 0.05) is 19.5 Å². The van der Waals surface area contributed by atoms with Crippen molar-refractivity contribution in [3.8, 4) is 0 Å². The lowest BCUT2D eigenvalue weighted by Gasteiger charge is -2.31. The summed E-state index contributed by atoms with van der Waals surface area (Å²) in [5, 5.41) is 7.10. The number of anilines is 2. The van der Waals surface area contributed by atoms with Crippen LogP contribution in [0.5, 0.6) is 0 Å². The number of morpholine rings is 1. The van der Waals surface area contributed by atoms with Crippen LogP contribution in [0.2, 0.25) is 5.02 Å². The average molecular weight is 425 g/mol. The number of nitrogens with one attached hydrogen (secondary N) is 2. The normalized spacial score (nSPS) is 17.8. The number of piperidine rings is 1. The number of benzene rings is 1. The lowest BCUT2D eigenvalue weighted by molar-refractivity contribution is -0.116. The van der Waals surface area contributed by atoms with Crippen LogP contribution in [0.3, 0.4) is 0 Å². The zero-order chi connectivity index (χ0) is 16.8. The maximum absolute atomic E-state index is 12.4. The van der Waals surface area contributed by atoms with Crippen molar-refractivity contribution in [2.45, 2.75) is 25.7 Å². The first-order valence-corrected chi connectivity index (χ1v) is 9.23. The van der Waals surface area contributed by atoms with Crippen LogP contribution in [0.15, 0.2) is 18.2 Å². The van der Waals surface area contributed by atoms with Crippen molar-refractivity contribution in [3.05, 3.63) is 23.2 Å². The second-order valence-corrected chi connectivity index (χ2v) is 6.92. The molecule has 26 heavy (non-hydrogen) atoms. The Labute approximate surface area is 173 Å². The zero-order valence-electron chi connectivity index (χ0n) is 14.8. The summed E-state index contributed by atoms with van der Waals surface area (Å²) in [5.74, 6) is 0.736. The molecule has 2 aliphatic rings. The maximum atomic E-state index is 12.4. The van der Waals surface area contributed by atoms with Crippen molar-refractivity contribution in [1.82, 2.24) is 5.32 Å². The van der Waals surface area contributed by atoms with Crippen LogP contribution in [0.25, 0.3) is 0 Å². The number of carbonyl (C=O) groups is 1. The van der Waals surface area contributed by atoms with Gasteiger partial charge in [0.1, 0.15) is 0 Å². The topological polar surface area (TPSA) is 53.6 Å². The first-order chi connectivity index (χ1) is 11.7. The van der Waals surface area contributed by atoms with Gasteiger partial charge in [0.05, 0.1) is 29.6 Å². The summed E-state index contributed by atoms with van der Waals surface area (Å²) in [6, 6.07) is 5.69. The predicted molar refractivity (Wildman–Crippen MR) is 112 cm³/mol. The van der Waals surface area contributed by atoms with Gasteiger partial charge in [-0.15, -0.1) is 24.8 Å². The highest BCUT2D eigenvalue weighted by molar-refractivity contribution is 6.34. The van der Waals surface area contributed by atoms with Crippen molar-refractivity contribution in [3.63, 3.8) is 0 Å². The van der Waals surface area contributed by atoms with Gasteiger partial charge in [-0.05, 0) is 50.4 Å². The number of hydrogen-bond acceptors (Lipinski definition) is 4. The fourth-order valence-electron chi connectivity index (χ4n) is 3.44. The predicted octanol–water partition coefficient (Wildman–Crippen LogP) is 3.74. The van der Waals surface area contributed by atoms with Crippen LogP contribution >= 0.6 is 36.4 Å². The van der Waals surface area contributed by atoms with Gasteiger partial charge in [0.15, 0.2) is 0 Å². The van der Waals surface area contributed by atoms with E-state index >= 15 is 0 Å². The second-order valence-electron chi connectivity index (χ2n) is 6.52. The summed E-state index contributed by atoms with van der Waals surface area (Å²) in [5.41, 5.74) is 1.72. The Hall–Kier alpha value is -0.720. The third-order valence-corrected chi connectivity index (χ3v) is 5.13. The molecule has 0 bridgehead atoms. The van der Waals surface area contributed by atoms with Crippen molar-refractivity contribution in [1.29, 1.82) is 0 Å². The number of para-hydroxylation sites is 1. The summed E-state index contributed by atoms with van der Waals surface area (Å²) in [7, 11) is 0. The van der Waals surface area contributed by atoms with Crippen molar-refractivity contribution >= 4 is 53.7 Å². The highest BCUT2D eigenvalue weighted by atomic mass is 35.5. The number of ether oxygens (including phenoxy) is 1. The number of halogens is 3. The Morgan fingerprint density at radius 2 is 1.92 bits per heavy atom. The minimum absolute atomic E-state index is 0. The fraction of sp³-hybridized carbons (Fsp3) is 0.611. The molecular formula is C18H28Cl3N3O2. The van der Waals surface area contributed by atoms with Crippen LogP contribution < -0.4 is 15.5 Å². The van der Waals surface area contributed by atoms with Crippen LogP contribution in [0.1, 0.15) is 25.7 Å². The number of hydrogen-bond donors (Lipinski definition) is 2. The Bertz CT molecular complexity index is 563. The van der Waals surface area contributed by atoms with Crippen LogP contribution in [-0.4, -0.2) is 45.3 Å². The van der Waals surface area contributed by atoms with Gasteiger partial charge in [-0.1, -0.05) is 17.7 Å². The van der Waals surface area contributed by atoms with Crippen LogP contribution in [-0.2, 0) is 9.53 Å². The van der Waals surface area contributed by atoms with Gasteiger partial charge in [-0.2, -0.15) is 0 Å². The molecule has 5 nitrogen and oxygen atoms in total. The molecule has 2 N–H and O–H groups in total. The third-order valence-electron chi connectivity index (χ3n) is 4.83. The number of nitrogens with zero attached hydrogens (tertiary/aromatic N) is 1. The van der Waals surface area contributed by atoms with Gasteiger partial charge in [-0.3, -0.25) is 4.79 Å². The Kier molecular flexibility index (Phi) is 10.7. The summed E-state index contributed by atoms with van der Waals surface area (Å²) in [4.78, 5) is 14.6. The molecule has 0 radical (unpaired) electrons. The molecule has 0 aromatic heterocycles. The second kappa shape index (κ2) is 11.9. The van der Waals surface area contributed by atoms with Gasteiger partial charge >= 0.3 is 0 Å². The first kappa shape index (κ1) is 23.3. The summed E-state index contributed by atoms with van der Waals surface area (Å²) < 4.78 is 5.41. The number of rotatable bonds is 5. The van der Waals surface area contributed by atoms with E-state index < -0.39 is 0 Å². The largest absolute Gasteiger partial charge is 0.378 e. The molecule has 2 fully saturated rings. The number of carbonyl (C=O) groups excluding carboxylic acids is 1. The molecule has 0 aliphatic carbocycles. The average Bonchev–Trinajstić information content (AvgIpc) is 2.62. The zero-order valence-corrected chi connectivity index (χ0v) is 17.2. The molecular weight excluding hydrogens is 397 g/mol. The minimum atomic E-state index is 0. The quantitative estimate of drug-likeness (QED) is 0.756. The van der Waals surface area contributed by atoms with E-state index in [0.717, 1.165) is 44.0 Å². The van der Waals surface area contributed by atoms with E-state index in [2.05, 4.69) is 15.5 Å². The van der Waals surface area contributed by atoms with Crippen LogP contribution in [0, 0.1) is 5.92 Å². The first-order valence-electron chi connectivity index (χ1n) is 8.86. The summed E-state index contributed by atoms with van der Waals surface area (Å²) >= 11 is 6.40. The van der Waals surface area contributed by atoms with Crippen molar-refractivity contribution in [2.75, 3.05) is 49.6 Å². The Balaban J connectivity index is 0.00000169. The van der Waals surface area contributed by atoms with Gasteiger partial charge in [-0.25, -0.2) is 0 Å². The molecule has 3 rings (SSSR count). The Morgan fingerprint density at radius 3 is 2.62 bits per heavy atom. The molecule has 1 aromatic rings. The maximum Gasteiger partial charge on any atom is 0.224 e. The van der Waals surface area contributed by atoms with E-state index in [1.54, 1.807) is 0 Å². The highest BCUT2D eigenvalue weighted by Crippen LogP contribution is 2.34. The summed E-state index contributed by atoms with van der Waals surface area (Å²) in [6.45, 7) is 5.11. The van der Waals surface area contributed by atoms with E-state index in [9.17, 15) is 4.79 Å². The van der Waals surface area contributed by atoms with Crippen LogP contribution in [0.4, 0.5) is 11.4 Å². The monoisotopic (exact) mass is 423 g/mol. The molecule has 0 unspecified atom stereocenters. The fourth-order valence-corrected chi connectivity index (χ4v) is 3.74. The minimum Gasteiger partial charge on any atom is -0.378 e. The smallest absolute Gasteiger partial charge is 0.224 e. The molecule has 0 atom stereocenters. The van der Waals surface area contributed by atoms with E-state index in [0.29, 0.717) is 30.6 Å². The lowest BCUT2D eigenvalue weighted by Crippen LogP contribution is -2.37. The van der Waals surface area contributed by atoms with E-state index in [1.165, 1.54) is 12.8 Å². The summed E-state index contributed by atoms with van der Waals surface area (Å²) in [6.07, 6.45) is 3.87. The molecule has 1 aromatic carbocycles. The lowest BCUT2D eigenvalue weighted by atomic mass is 9.93. The van der Waals surface area contributed by atoms with E-state index in [1.807, 2.05) is 18.2 Å². The van der Waals surface area contributed by atoms with Gasteiger partial charge < -0.3 is 20.3 Å². The van der Waals surface area contributed by atoms with E-state index in [4.69, 9.17) is 16.3 Å². The highest BCUT2D eigenvalue weighted by Gasteiger charge is 2.20. The standard InChI is InChI=1S/C18H26ClN3O2.2ClH/c19-15-2-1-3-16(18(15)22-10-12-24-13-11-22)21-17(23)5-4-14-6-8-20-9-7-14;;/h1-3,14,20H,4-13H2,(H,21,23);2*1H. The molecule has 1 amide bonds. The Morgan fingerprint density at radius 1 is 1.23 bits per heavy atom. The van der Waals surface area contributed by atoms with Crippen molar-refractivity contribution in [2.24, 2.45) is 5.92 Å².